The minimum absolute atomic E-state index is 0.153. The Hall–Kier alpha value is -2.74. The average Bonchev–Trinajstić information content (AvgIpc) is 3.39. The summed E-state index contributed by atoms with van der Waals surface area (Å²) in [6.07, 6.45) is 6.98. The van der Waals surface area contributed by atoms with Gasteiger partial charge in [-0.15, -0.1) is 0 Å². The Balaban J connectivity index is 1.42. The number of nitrogens with zero attached hydrogens (tertiary/aromatic N) is 3. The van der Waals surface area contributed by atoms with E-state index < -0.39 is 0 Å². The topological polar surface area (TPSA) is 73.5 Å². The highest BCUT2D eigenvalue weighted by molar-refractivity contribution is 6.06. The van der Waals surface area contributed by atoms with Crippen molar-refractivity contribution in [1.29, 1.82) is 5.26 Å². The minimum atomic E-state index is -0.214. The van der Waals surface area contributed by atoms with Crippen LogP contribution in [0, 0.1) is 46.8 Å². The van der Waals surface area contributed by atoms with Gasteiger partial charge in [0, 0.05) is 0 Å². The smallest absolute Gasteiger partial charge is 0.254 e. The summed E-state index contributed by atoms with van der Waals surface area (Å²) in [5, 5.41) is 14.1. The highest BCUT2D eigenvalue weighted by atomic mass is 16.2. The van der Waals surface area contributed by atoms with E-state index in [4.69, 9.17) is 5.26 Å². The van der Waals surface area contributed by atoms with Gasteiger partial charge < -0.3 is 0 Å². The van der Waals surface area contributed by atoms with Crippen LogP contribution in [0.2, 0.25) is 0 Å². The van der Waals surface area contributed by atoms with Crippen molar-refractivity contribution >= 4 is 18.0 Å². The molecular formula is C19H15N3O2. The lowest BCUT2D eigenvalue weighted by Gasteiger charge is -2.37. The molecule has 0 N–H and O–H groups in total. The quantitative estimate of drug-likeness (QED) is 0.475. The number of hydrazone groups is 1. The molecule has 2 saturated carbocycles. The largest absolute Gasteiger partial charge is 0.272 e. The molecule has 4 aliphatic carbocycles. The second-order valence-electron chi connectivity index (χ2n) is 7.12. The Morgan fingerprint density at radius 3 is 2.17 bits per heavy atom. The number of imide groups is 1. The van der Waals surface area contributed by atoms with E-state index in [1.807, 2.05) is 0 Å². The number of rotatable bonds is 2. The maximum absolute atomic E-state index is 12.7. The fourth-order valence-corrected chi connectivity index (χ4v) is 4.82. The maximum atomic E-state index is 12.7. The summed E-state index contributed by atoms with van der Waals surface area (Å²) in [6, 6.07) is 8.93. The van der Waals surface area contributed by atoms with Crippen LogP contribution in [0.25, 0.3) is 0 Å². The number of carbonyl (C=O) groups is 2. The molecule has 118 valence electrons. The molecule has 1 saturated heterocycles. The van der Waals surface area contributed by atoms with E-state index in [-0.39, 0.29) is 35.5 Å². The molecule has 3 fully saturated rings. The zero-order valence-corrected chi connectivity index (χ0v) is 12.9. The fraction of sp³-hybridized carbons (Fsp3) is 0.368. The van der Waals surface area contributed by atoms with E-state index >= 15 is 0 Å². The van der Waals surface area contributed by atoms with Crippen molar-refractivity contribution in [2.24, 2.45) is 40.6 Å². The van der Waals surface area contributed by atoms with Gasteiger partial charge in [-0.2, -0.15) is 15.4 Å². The van der Waals surface area contributed by atoms with Crippen molar-refractivity contribution in [2.45, 2.75) is 6.42 Å². The van der Waals surface area contributed by atoms with Gasteiger partial charge in [-0.25, -0.2) is 0 Å². The molecule has 5 nitrogen and oxygen atoms in total. The standard InChI is InChI=1S/C19H15N3O2/c20-8-10-1-3-11(4-2-10)9-21-22-18(23)16-12-5-6-13(15-7-14(12)15)17(16)19(22)24/h1-6,9,12-17H,7H2/b21-9-/t12-,13-,14-,15+,16-,17+/m1/s1. The Labute approximate surface area is 139 Å². The average molecular weight is 317 g/mol. The Bertz CT molecular complexity index is 812. The Morgan fingerprint density at radius 2 is 1.62 bits per heavy atom. The first-order valence-corrected chi connectivity index (χ1v) is 8.29. The molecule has 1 aromatic carbocycles. The van der Waals surface area contributed by atoms with E-state index in [0.717, 1.165) is 17.0 Å². The number of benzene rings is 1. The first-order valence-electron chi connectivity index (χ1n) is 8.29. The number of allylic oxidation sites excluding steroid dienone is 2. The van der Waals surface area contributed by atoms with Gasteiger partial charge >= 0.3 is 0 Å². The third-order valence-electron chi connectivity index (χ3n) is 6.00. The number of hydrogen-bond acceptors (Lipinski definition) is 4. The summed E-state index contributed by atoms with van der Waals surface area (Å²) >= 11 is 0. The van der Waals surface area contributed by atoms with E-state index in [9.17, 15) is 9.59 Å². The number of nitriles is 1. The molecule has 0 aromatic heterocycles. The SMILES string of the molecule is N#Cc1ccc(/C=N\N2C(=O)[C@@H]3[C@@H]4C=C[C@H]([C@@H]5C[C@H]45)[C@@H]3C2=O)cc1. The van der Waals surface area contributed by atoms with Crippen LogP contribution in [0.4, 0.5) is 0 Å². The minimum Gasteiger partial charge on any atom is -0.272 e. The van der Waals surface area contributed by atoms with Gasteiger partial charge in [0.2, 0.25) is 0 Å². The monoisotopic (exact) mass is 317 g/mol. The lowest BCUT2D eigenvalue weighted by Crippen LogP contribution is -2.40. The highest BCUT2D eigenvalue weighted by Gasteiger charge is 2.67. The van der Waals surface area contributed by atoms with Gasteiger partial charge in [-0.3, -0.25) is 9.59 Å². The van der Waals surface area contributed by atoms with Crippen molar-refractivity contribution in [2.75, 3.05) is 0 Å². The zero-order valence-electron chi connectivity index (χ0n) is 12.9. The zero-order chi connectivity index (χ0) is 16.4. The van der Waals surface area contributed by atoms with Gasteiger partial charge in [0.05, 0.1) is 29.7 Å². The summed E-state index contributed by atoms with van der Waals surface area (Å²) in [7, 11) is 0. The molecule has 6 atom stereocenters. The first-order chi connectivity index (χ1) is 11.7. The molecule has 1 heterocycles. The van der Waals surface area contributed by atoms with Gasteiger partial charge in [0.1, 0.15) is 0 Å². The molecule has 0 spiro atoms. The molecule has 2 amide bonds. The van der Waals surface area contributed by atoms with Crippen molar-refractivity contribution in [3.63, 3.8) is 0 Å². The maximum Gasteiger partial charge on any atom is 0.254 e. The molecule has 2 bridgehead atoms. The predicted octanol–water partition coefficient (Wildman–Crippen LogP) is 1.95. The third kappa shape index (κ3) is 1.71. The van der Waals surface area contributed by atoms with Crippen LogP contribution >= 0.6 is 0 Å². The van der Waals surface area contributed by atoms with Crippen LogP contribution < -0.4 is 0 Å². The van der Waals surface area contributed by atoms with Crippen LogP contribution in [-0.2, 0) is 9.59 Å². The van der Waals surface area contributed by atoms with Crippen molar-refractivity contribution in [1.82, 2.24) is 5.01 Å². The number of amides is 2. The normalized spacial score (nSPS) is 38.4. The van der Waals surface area contributed by atoms with Crippen LogP contribution in [0.15, 0.2) is 41.5 Å². The number of hydrogen-bond donors (Lipinski definition) is 0. The van der Waals surface area contributed by atoms with E-state index in [1.165, 1.54) is 6.21 Å². The Kier molecular flexibility index (Phi) is 2.64. The van der Waals surface area contributed by atoms with Crippen LogP contribution in [0.5, 0.6) is 0 Å². The van der Waals surface area contributed by atoms with E-state index in [2.05, 4.69) is 23.3 Å². The molecular weight excluding hydrogens is 302 g/mol. The second-order valence-corrected chi connectivity index (χ2v) is 7.12. The first kappa shape index (κ1) is 13.7. The second kappa shape index (κ2) is 4.64. The summed E-state index contributed by atoms with van der Waals surface area (Å²) in [5.74, 6) is 0.900. The summed E-state index contributed by atoms with van der Waals surface area (Å²) in [6.45, 7) is 0. The molecule has 5 heteroatoms. The number of carbonyl (C=O) groups excluding carboxylic acids is 2. The molecule has 1 aromatic rings. The van der Waals surface area contributed by atoms with Crippen molar-refractivity contribution in [3.05, 3.63) is 47.5 Å². The molecule has 1 aliphatic heterocycles. The van der Waals surface area contributed by atoms with Crippen LogP contribution in [0.1, 0.15) is 17.5 Å². The molecule has 6 rings (SSSR count). The fourth-order valence-electron chi connectivity index (χ4n) is 4.82. The van der Waals surface area contributed by atoms with E-state index in [0.29, 0.717) is 17.4 Å². The van der Waals surface area contributed by atoms with Crippen molar-refractivity contribution in [3.8, 4) is 6.07 Å². The molecule has 5 aliphatic rings. The lowest BCUT2D eigenvalue weighted by molar-refractivity contribution is -0.140. The van der Waals surface area contributed by atoms with Gasteiger partial charge in [-0.1, -0.05) is 24.3 Å². The predicted molar refractivity (Wildman–Crippen MR) is 85.3 cm³/mol. The van der Waals surface area contributed by atoms with Crippen LogP contribution in [0.3, 0.4) is 0 Å². The van der Waals surface area contributed by atoms with Gasteiger partial charge in [0.25, 0.3) is 11.8 Å². The highest BCUT2D eigenvalue weighted by Crippen LogP contribution is 2.65. The Morgan fingerprint density at radius 1 is 1.04 bits per heavy atom. The van der Waals surface area contributed by atoms with E-state index in [1.54, 1.807) is 24.3 Å². The summed E-state index contributed by atoms with van der Waals surface area (Å²) < 4.78 is 0. The van der Waals surface area contributed by atoms with Crippen molar-refractivity contribution < 1.29 is 9.59 Å². The summed E-state index contributed by atoms with van der Waals surface area (Å²) in [4.78, 5) is 25.5. The lowest BCUT2D eigenvalue weighted by atomic mass is 9.63. The van der Waals surface area contributed by atoms with Gasteiger partial charge in [-0.05, 0) is 47.8 Å². The van der Waals surface area contributed by atoms with Crippen LogP contribution in [-0.4, -0.2) is 23.0 Å². The molecule has 0 radical (unpaired) electrons. The molecule has 0 unspecified atom stereocenters. The third-order valence-corrected chi connectivity index (χ3v) is 6.00. The summed E-state index contributed by atoms with van der Waals surface area (Å²) in [5.41, 5.74) is 1.32. The molecule has 24 heavy (non-hydrogen) atoms. The van der Waals surface area contributed by atoms with Gasteiger partial charge in [0.15, 0.2) is 0 Å².